The molecular weight excluding hydrogens is 324 g/mol. The zero-order valence-corrected chi connectivity index (χ0v) is 14.6. The summed E-state index contributed by atoms with van der Waals surface area (Å²) in [5, 5.41) is 2.87. The van der Waals surface area contributed by atoms with Crippen LogP contribution >= 0.6 is 0 Å². The quantitative estimate of drug-likeness (QED) is 0.751. The normalized spacial score (nSPS) is 11.8. The maximum Gasteiger partial charge on any atom is 0.328 e. The Kier molecular flexibility index (Phi) is 6.10. The zero-order valence-electron chi connectivity index (χ0n) is 14.6. The standard InChI is InChI=1S/C17H22N4O4/c1-4-13(17(24)25-5-2)20(3)15(22)10-12-11-16(23)21(19-12)14-8-6-7-9-18-14/h6-9,11,13,19H,4-5,10H2,1-3H3/t13-/m1/s1. The highest BCUT2D eigenvalue weighted by Crippen LogP contribution is 2.08. The van der Waals surface area contributed by atoms with Crippen LogP contribution in [0.2, 0.25) is 0 Å². The van der Waals surface area contributed by atoms with Crippen LogP contribution in [0.3, 0.4) is 0 Å². The minimum absolute atomic E-state index is 0.0263. The van der Waals surface area contributed by atoms with E-state index in [-0.39, 0.29) is 24.5 Å². The Hall–Kier alpha value is -2.90. The molecule has 2 aromatic heterocycles. The van der Waals surface area contributed by atoms with Crippen molar-refractivity contribution < 1.29 is 14.3 Å². The highest BCUT2D eigenvalue weighted by molar-refractivity contribution is 5.85. The number of H-pyrrole nitrogens is 1. The summed E-state index contributed by atoms with van der Waals surface area (Å²) in [7, 11) is 1.56. The van der Waals surface area contributed by atoms with E-state index in [1.807, 2.05) is 6.92 Å². The van der Waals surface area contributed by atoms with Crippen molar-refractivity contribution in [3.63, 3.8) is 0 Å². The SMILES string of the molecule is CCOC(=O)[C@@H](CC)N(C)C(=O)Cc1cc(=O)n(-c2ccccn2)[nH]1. The van der Waals surface area contributed by atoms with E-state index < -0.39 is 12.0 Å². The lowest BCUT2D eigenvalue weighted by molar-refractivity contribution is -0.153. The number of esters is 1. The van der Waals surface area contributed by atoms with Gasteiger partial charge in [0.25, 0.3) is 5.56 Å². The minimum Gasteiger partial charge on any atom is -0.464 e. The minimum atomic E-state index is -0.642. The second-order valence-corrected chi connectivity index (χ2v) is 5.50. The molecule has 25 heavy (non-hydrogen) atoms. The van der Waals surface area contributed by atoms with Gasteiger partial charge in [-0.15, -0.1) is 0 Å². The summed E-state index contributed by atoms with van der Waals surface area (Å²) >= 11 is 0. The number of nitrogens with one attached hydrogen (secondary N) is 1. The van der Waals surface area contributed by atoms with E-state index in [2.05, 4.69) is 10.1 Å². The number of pyridine rings is 1. The summed E-state index contributed by atoms with van der Waals surface area (Å²) in [5.41, 5.74) is 0.146. The van der Waals surface area contributed by atoms with Crippen LogP contribution in [0.4, 0.5) is 0 Å². The highest BCUT2D eigenvalue weighted by atomic mass is 16.5. The van der Waals surface area contributed by atoms with Gasteiger partial charge in [-0.1, -0.05) is 13.0 Å². The van der Waals surface area contributed by atoms with Crippen molar-refractivity contribution in [1.29, 1.82) is 0 Å². The number of aromatic nitrogens is 3. The van der Waals surface area contributed by atoms with Crippen LogP contribution < -0.4 is 5.56 Å². The van der Waals surface area contributed by atoms with Crippen molar-refractivity contribution in [2.75, 3.05) is 13.7 Å². The van der Waals surface area contributed by atoms with E-state index in [4.69, 9.17) is 4.74 Å². The molecule has 0 aromatic carbocycles. The van der Waals surface area contributed by atoms with Gasteiger partial charge in [0.1, 0.15) is 6.04 Å². The molecule has 0 saturated heterocycles. The predicted octanol–water partition coefficient (Wildman–Crippen LogP) is 0.903. The molecular formula is C17H22N4O4. The van der Waals surface area contributed by atoms with Crippen LogP contribution in [-0.2, 0) is 20.7 Å². The van der Waals surface area contributed by atoms with Crippen LogP contribution in [0.25, 0.3) is 5.82 Å². The largest absolute Gasteiger partial charge is 0.464 e. The van der Waals surface area contributed by atoms with E-state index >= 15 is 0 Å². The van der Waals surface area contributed by atoms with E-state index in [0.717, 1.165) is 0 Å². The Morgan fingerprint density at radius 1 is 1.36 bits per heavy atom. The van der Waals surface area contributed by atoms with Crippen molar-refractivity contribution in [2.45, 2.75) is 32.7 Å². The molecule has 1 atom stereocenters. The Morgan fingerprint density at radius 3 is 2.72 bits per heavy atom. The highest BCUT2D eigenvalue weighted by Gasteiger charge is 2.26. The first-order valence-electron chi connectivity index (χ1n) is 8.12. The molecule has 0 unspecified atom stereocenters. The van der Waals surface area contributed by atoms with Crippen molar-refractivity contribution >= 4 is 11.9 Å². The Labute approximate surface area is 145 Å². The van der Waals surface area contributed by atoms with Gasteiger partial charge in [-0.2, -0.15) is 0 Å². The lowest BCUT2D eigenvalue weighted by Gasteiger charge is -2.25. The second kappa shape index (κ2) is 8.27. The van der Waals surface area contributed by atoms with E-state index in [1.54, 1.807) is 38.4 Å². The molecule has 8 nitrogen and oxygen atoms in total. The van der Waals surface area contributed by atoms with Gasteiger partial charge < -0.3 is 9.64 Å². The molecule has 0 fully saturated rings. The summed E-state index contributed by atoms with van der Waals surface area (Å²) in [6.07, 6.45) is 2.00. The summed E-state index contributed by atoms with van der Waals surface area (Å²) in [6, 6.07) is 5.91. The number of carbonyl (C=O) groups excluding carboxylic acids is 2. The van der Waals surface area contributed by atoms with Crippen molar-refractivity contribution in [1.82, 2.24) is 19.7 Å². The molecule has 0 bridgehead atoms. The summed E-state index contributed by atoms with van der Waals surface area (Å²) in [6.45, 7) is 3.79. The van der Waals surface area contributed by atoms with E-state index in [1.165, 1.54) is 15.6 Å². The fourth-order valence-corrected chi connectivity index (χ4v) is 2.49. The van der Waals surface area contributed by atoms with Gasteiger partial charge in [0.2, 0.25) is 5.91 Å². The molecule has 0 aliphatic heterocycles. The maximum absolute atomic E-state index is 12.4. The molecule has 2 heterocycles. The lowest BCUT2D eigenvalue weighted by atomic mass is 10.2. The van der Waals surface area contributed by atoms with Crippen molar-refractivity contribution in [2.24, 2.45) is 0 Å². The van der Waals surface area contributed by atoms with Gasteiger partial charge in [0, 0.05) is 25.0 Å². The molecule has 0 aliphatic carbocycles. The van der Waals surface area contributed by atoms with Crippen LogP contribution in [-0.4, -0.2) is 51.2 Å². The van der Waals surface area contributed by atoms with Crippen molar-refractivity contribution in [3.8, 4) is 5.82 Å². The molecule has 134 valence electrons. The Balaban J connectivity index is 2.13. The first-order valence-corrected chi connectivity index (χ1v) is 8.12. The third-order valence-electron chi connectivity index (χ3n) is 3.80. The number of aromatic amines is 1. The van der Waals surface area contributed by atoms with E-state index in [9.17, 15) is 14.4 Å². The molecule has 0 aliphatic rings. The van der Waals surface area contributed by atoms with Gasteiger partial charge in [0.05, 0.1) is 13.0 Å². The molecule has 2 aromatic rings. The fourth-order valence-electron chi connectivity index (χ4n) is 2.49. The zero-order chi connectivity index (χ0) is 18.4. The van der Waals surface area contributed by atoms with Crippen LogP contribution in [0.15, 0.2) is 35.3 Å². The number of hydrogen-bond donors (Lipinski definition) is 1. The predicted molar refractivity (Wildman–Crippen MR) is 91.4 cm³/mol. The Bertz CT molecular complexity index is 781. The molecule has 1 amide bonds. The van der Waals surface area contributed by atoms with Gasteiger partial charge in [-0.05, 0) is 25.5 Å². The first-order chi connectivity index (χ1) is 12.0. The molecule has 0 spiro atoms. The topological polar surface area (TPSA) is 97.3 Å². The van der Waals surface area contributed by atoms with Crippen LogP contribution in [0.5, 0.6) is 0 Å². The van der Waals surface area contributed by atoms with E-state index in [0.29, 0.717) is 17.9 Å². The van der Waals surface area contributed by atoms with Crippen LogP contribution in [0.1, 0.15) is 26.0 Å². The molecule has 0 saturated carbocycles. The van der Waals surface area contributed by atoms with Gasteiger partial charge in [-0.3, -0.25) is 14.7 Å². The monoisotopic (exact) mass is 346 g/mol. The molecule has 2 rings (SSSR count). The average Bonchev–Trinajstić information content (AvgIpc) is 2.96. The van der Waals surface area contributed by atoms with Gasteiger partial charge in [-0.25, -0.2) is 14.5 Å². The number of nitrogens with zero attached hydrogens (tertiary/aromatic N) is 3. The first kappa shape index (κ1) is 18.4. The number of amides is 1. The third kappa shape index (κ3) is 4.34. The summed E-state index contributed by atoms with van der Waals surface area (Å²) in [5.74, 6) is -0.271. The summed E-state index contributed by atoms with van der Waals surface area (Å²) in [4.78, 5) is 41.9. The fraction of sp³-hybridized carbons (Fsp3) is 0.412. The van der Waals surface area contributed by atoms with Gasteiger partial charge >= 0.3 is 5.97 Å². The number of hydrogen-bond acceptors (Lipinski definition) is 5. The molecule has 8 heteroatoms. The van der Waals surface area contributed by atoms with Gasteiger partial charge in [0.15, 0.2) is 5.82 Å². The Morgan fingerprint density at radius 2 is 2.12 bits per heavy atom. The molecule has 1 N–H and O–H groups in total. The second-order valence-electron chi connectivity index (χ2n) is 5.50. The third-order valence-corrected chi connectivity index (χ3v) is 3.80. The number of likely N-dealkylation sites (N-methyl/N-ethyl adjacent to an activating group) is 1. The van der Waals surface area contributed by atoms with Crippen LogP contribution in [0, 0.1) is 0 Å². The lowest BCUT2D eigenvalue weighted by Crippen LogP contribution is -2.43. The number of carbonyl (C=O) groups is 2. The molecule has 0 radical (unpaired) electrons. The number of ether oxygens (including phenoxy) is 1. The number of rotatable bonds is 7. The smallest absolute Gasteiger partial charge is 0.328 e. The van der Waals surface area contributed by atoms with Crippen molar-refractivity contribution in [3.05, 3.63) is 46.5 Å². The summed E-state index contributed by atoms with van der Waals surface area (Å²) < 4.78 is 6.26. The average molecular weight is 346 g/mol. The maximum atomic E-state index is 12.4.